The summed E-state index contributed by atoms with van der Waals surface area (Å²) in [7, 11) is 0. The van der Waals surface area contributed by atoms with Crippen LogP contribution >= 0.6 is 0 Å². The molecule has 1 unspecified atom stereocenters. The first kappa shape index (κ1) is 14.6. The molecule has 0 amide bonds. The largest absolute Gasteiger partial charge is 0.495 e. The summed E-state index contributed by atoms with van der Waals surface area (Å²) in [5.74, 6) is 1.01. The third-order valence-electron chi connectivity index (χ3n) is 3.51. The highest BCUT2D eigenvalue weighted by Gasteiger charge is 2.58. The second-order valence-corrected chi connectivity index (χ2v) is 6.97. The zero-order valence-electron chi connectivity index (χ0n) is 12.7. The molecule has 0 bridgehead atoms. The van der Waals surface area contributed by atoms with E-state index in [4.69, 9.17) is 9.47 Å². The van der Waals surface area contributed by atoms with E-state index < -0.39 is 0 Å². The SMILES string of the molecule is CCOC1=CC(C)OC1(C(C)(C)C)C(C)(C)C. The van der Waals surface area contributed by atoms with E-state index in [1.165, 1.54) is 0 Å². The topological polar surface area (TPSA) is 18.5 Å². The Kier molecular flexibility index (Phi) is 3.69. The minimum atomic E-state index is -0.352. The molecule has 1 aliphatic rings. The van der Waals surface area contributed by atoms with E-state index in [9.17, 15) is 0 Å². The van der Waals surface area contributed by atoms with Gasteiger partial charge in [-0.05, 0) is 30.8 Å². The Labute approximate surface area is 106 Å². The molecule has 0 saturated heterocycles. The van der Waals surface area contributed by atoms with Crippen molar-refractivity contribution in [3.8, 4) is 0 Å². The second-order valence-electron chi connectivity index (χ2n) is 6.97. The molecule has 1 atom stereocenters. The molecular formula is C15H28O2. The van der Waals surface area contributed by atoms with Gasteiger partial charge in [0.25, 0.3) is 0 Å². The molecule has 1 aliphatic heterocycles. The quantitative estimate of drug-likeness (QED) is 0.721. The van der Waals surface area contributed by atoms with Crippen molar-refractivity contribution in [1.82, 2.24) is 0 Å². The van der Waals surface area contributed by atoms with Crippen LogP contribution in [-0.4, -0.2) is 18.3 Å². The van der Waals surface area contributed by atoms with Gasteiger partial charge in [-0.1, -0.05) is 41.5 Å². The van der Waals surface area contributed by atoms with Crippen LogP contribution in [0.3, 0.4) is 0 Å². The fraction of sp³-hybridized carbons (Fsp3) is 0.867. The molecule has 0 aliphatic carbocycles. The molecule has 0 aromatic heterocycles. The molecule has 0 N–H and O–H groups in total. The van der Waals surface area contributed by atoms with Crippen LogP contribution in [0.4, 0.5) is 0 Å². The van der Waals surface area contributed by atoms with E-state index >= 15 is 0 Å². The van der Waals surface area contributed by atoms with E-state index in [0.717, 1.165) is 5.76 Å². The number of hydrogen-bond donors (Lipinski definition) is 0. The predicted molar refractivity (Wildman–Crippen MR) is 71.9 cm³/mol. The lowest BCUT2D eigenvalue weighted by molar-refractivity contribution is -0.174. The van der Waals surface area contributed by atoms with Crippen molar-refractivity contribution < 1.29 is 9.47 Å². The first-order valence-electron chi connectivity index (χ1n) is 6.59. The van der Waals surface area contributed by atoms with E-state index in [2.05, 4.69) is 54.5 Å². The van der Waals surface area contributed by atoms with E-state index in [-0.39, 0.29) is 22.5 Å². The summed E-state index contributed by atoms with van der Waals surface area (Å²) in [6.45, 7) is 18.2. The van der Waals surface area contributed by atoms with Crippen LogP contribution in [0.2, 0.25) is 0 Å². The van der Waals surface area contributed by atoms with Gasteiger partial charge in [-0.15, -0.1) is 0 Å². The Balaban J connectivity index is 3.31. The summed E-state index contributed by atoms with van der Waals surface area (Å²) in [5, 5.41) is 0. The van der Waals surface area contributed by atoms with Crippen molar-refractivity contribution in [2.24, 2.45) is 10.8 Å². The molecule has 0 aromatic carbocycles. The molecule has 2 nitrogen and oxygen atoms in total. The first-order valence-corrected chi connectivity index (χ1v) is 6.59. The maximum atomic E-state index is 6.33. The van der Waals surface area contributed by atoms with Gasteiger partial charge in [-0.2, -0.15) is 0 Å². The fourth-order valence-corrected chi connectivity index (χ4v) is 3.22. The van der Waals surface area contributed by atoms with Gasteiger partial charge in [0, 0.05) is 0 Å². The molecule has 100 valence electrons. The third kappa shape index (κ3) is 2.24. The summed E-state index contributed by atoms with van der Waals surface area (Å²) < 4.78 is 12.2. The van der Waals surface area contributed by atoms with Gasteiger partial charge >= 0.3 is 0 Å². The Morgan fingerprint density at radius 2 is 1.65 bits per heavy atom. The summed E-state index contributed by atoms with van der Waals surface area (Å²) >= 11 is 0. The molecular weight excluding hydrogens is 212 g/mol. The summed E-state index contributed by atoms with van der Waals surface area (Å²) in [6.07, 6.45) is 2.25. The van der Waals surface area contributed by atoms with Gasteiger partial charge in [0.2, 0.25) is 0 Å². The van der Waals surface area contributed by atoms with Crippen LogP contribution < -0.4 is 0 Å². The van der Waals surface area contributed by atoms with Gasteiger partial charge in [-0.3, -0.25) is 0 Å². The van der Waals surface area contributed by atoms with Crippen molar-refractivity contribution in [3.05, 3.63) is 11.8 Å². The Hall–Kier alpha value is -0.500. The maximum Gasteiger partial charge on any atom is 0.135 e. The molecule has 0 radical (unpaired) electrons. The molecule has 0 spiro atoms. The number of ether oxygens (including phenoxy) is 2. The molecule has 1 rings (SSSR count). The lowest BCUT2D eigenvalue weighted by atomic mass is 9.62. The van der Waals surface area contributed by atoms with E-state index in [1.807, 2.05) is 6.92 Å². The van der Waals surface area contributed by atoms with Crippen molar-refractivity contribution >= 4 is 0 Å². The lowest BCUT2D eigenvalue weighted by Gasteiger charge is -2.51. The third-order valence-corrected chi connectivity index (χ3v) is 3.51. The lowest BCUT2D eigenvalue weighted by Crippen LogP contribution is -2.55. The zero-order valence-corrected chi connectivity index (χ0v) is 12.7. The monoisotopic (exact) mass is 240 g/mol. The highest BCUT2D eigenvalue weighted by molar-refractivity contribution is 5.26. The van der Waals surface area contributed by atoms with Gasteiger partial charge in [0.1, 0.15) is 11.4 Å². The zero-order chi connectivity index (χ0) is 13.5. The molecule has 0 saturated carbocycles. The van der Waals surface area contributed by atoms with Crippen molar-refractivity contribution in [3.63, 3.8) is 0 Å². The molecule has 0 aromatic rings. The molecule has 1 heterocycles. The van der Waals surface area contributed by atoms with Crippen LogP contribution in [-0.2, 0) is 9.47 Å². The Bertz CT molecular complexity index is 288. The van der Waals surface area contributed by atoms with Gasteiger partial charge in [-0.25, -0.2) is 0 Å². The van der Waals surface area contributed by atoms with Gasteiger partial charge in [0.15, 0.2) is 0 Å². The molecule has 2 heteroatoms. The Morgan fingerprint density at radius 3 is 2.00 bits per heavy atom. The highest BCUT2D eigenvalue weighted by Crippen LogP contribution is 2.54. The molecule has 17 heavy (non-hydrogen) atoms. The standard InChI is InChI=1S/C15H28O2/c1-9-16-12-10-11(2)17-15(12,13(3,4)5)14(6,7)8/h10-11H,9H2,1-8H3. The average molecular weight is 240 g/mol. The van der Waals surface area contributed by atoms with Gasteiger partial charge < -0.3 is 9.47 Å². The summed E-state index contributed by atoms with van der Waals surface area (Å²) in [4.78, 5) is 0. The van der Waals surface area contributed by atoms with Crippen LogP contribution in [0, 0.1) is 10.8 Å². The normalized spacial score (nSPS) is 24.7. The number of hydrogen-bond acceptors (Lipinski definition) is 2. The summed E-state index contributed by atoms with van der Waals surface area (Å²) in [6, 6.07) is 0. The minimum Gasteiger partial charge on any atom is -0.495 e. The van der Waals surface area contributed by atoms with Crippen LogP contribution in [0.15, 0.2) is 11.8 Å². The maximum absolute atomic E-state index is 6.33. The van der Waals surface area contributed by atoms with Crippen LogP contribution in [0.1, 0.15) is 55.4 Å². The minimum absolute atomic E-state index is 0.00296. The highest BCUT2D eigenvalue weighted by atomic mass is 16.6. The van der Waals surface area contributed by atoms with Crippen LogP contribution in [0.25, 0.3) is 0 Å². The second kappa shape index (κ2) is 4.31. The average Bonchev–Trinajstić information content (AvgIpc) is 2.42. The predicted octanol–water partition coefficient (Wildman–Crippen LogP) is 4.16. The van der Waals surface area contributed by atoms with E-state index in [0.29, 0.717) is 6.61 Å². The number of rotatable bonds is 2. The van der Waals surface area contributed by atoms with Crippen molar-refractivity contribution in [1.29, 1.82) is 0 Å². The van der Waals surface area contributed by atoms with Gasteiger partial charge in [0.05, 0.1) is 12.7 Å². The summed E-state index contributed by atoms with van der Waals surface area (Å²) in [5.41, 5.74) is -0.358. The Morgan fingerprint density at radius 1 is 1.18 bits per heavy atom. The van der Waals surface area contributed by atoms with Crippen molar-refractivity contribution in [2.45, 2.75) is 67.1 Å². The van der Waals surface area contributed by atoms with E-state index in [1.54, 1.807) is 0 Å². The smallest absolute Gasteiger partial charge is 0.135 e. The fourth-order valence-electron chi connectivity index (χ4n) is 3.22. The molecule has 0 fully saturated rings. The van der Waals surface area contributed by atoms with Crippen molar-refractivity contribution in [2.75, 3.05) is 6.61 Å². The van der Waals surface area contributed by atoms with Crippen LogP contribution in [0.5, 0.6) is 0 Å². The first-order chi connectivity index (χ1) is 7.56.